The van der Waals surface area contributed by atoms with Crippen LogP contribution in [-0.4, -0.2) is 25.6 Å². The lowest BCUT2D eigenvalue weighted by atomic mass is 9.86. The summed E-state index contributed by atoms with van der Waals surface area (Å²) in [5.41, 5.74) is 2.45. The van der Waals surface area contributed by atoms with Gasteiger partial charge in [-0.25, -0.2) is 4.79 Å². The average Bonchev–Trinajstić information content (AvgIpc) is 2.67. The maximum atomic E-state index is 12.8. The van der Waals surface area contributed by atoms with Crippen LogP contribution in [0.5, 0.6) is 5.75 Å². The summed E-state index contributed by atoms with van der Waals surface area (Å²) in [4.78, 5) is 24.6. The molecule has 0 unspecified atom stereocenters. The Morgan fingerprint density at radius 1 is 1.07 bits per heavy atom. The third-order valence-electron chi connectivity index (χ3n) is 4.74. The van der Waals surface area contributed by atoms with Crippen LogP contribution in [0.4, 0.5) is 5.69 Å². The van der Waals surface area contributed by atoms with Crippen molar-refractivity contribution in [2.45, 2.75) is 40.5 Å². The zero-order valence-electron chi connectivity index (χ0n) is 17.3. The molecule has 0 fully saturated rings. The summed E-state index contributed by atoms with van der Waals surface area (Å²) >= 11 is 0. The van der Waals surface area contributed by atoms with Crippen LogP contribution in [0, 0.1) is 19.3 Å². The predicted octanol–water partition coefficient (Wildman–Crippen LogP) is 4.91. The predicted molar refractivity (Wildman–Crippen MR) is 111 cm³/mol. The number of benzene rings is 2. The number of hydrogen-bond donors (Lipinski definition) is 1. The first kappa shape index (κ1) is 21.5. The molecule has 0 saturated carbocycles. The van der Waals surface area contributed by atoms with Gasteiger partial charge in [0, 0.05) is 5.41 Å². The number of hydrogen-bond acceptors (Lipinski definition) is 4. The zero-order chi connectivity index (χ0) is 20.7. The Kier molecular flexibility index (Phi) is 7.21. The second kappa shape index (κ2) is 9.40. The van der Waals surface area contributed by atoms with Crippen molar-refractivity contribution in [3.63, 3.8) is 0 Å². The van der Waals surface area contributed by atoms with Crippen molar-refractivity contribution in [2.75, 3.05) is 19.0 Å². The van der Waals surface area contributed by atoms with Gasteiger partial charge < -0.3 is 14.8 Å². The Balaban J connectivity index is 1.93. The standard InChI is InChI=1S/C23H29NO4/c1-16-11-12-17(2)20(15-16)28-14-8-13-23(3,4)22(26)24-19-10-7-6-9-18(19)21(25)27-5/h6-7,9-12,15H,8,13-14H2,1-5H3,(H,24,26). The van der Waals surface area contributed by atoms with Gasteiger partial charge >= 0.3 is 5.97 Å². The van der Waals surface area contributed by atoms with Crippen LogP contribution < -0.4 is 10.1 Å². The van der Waals surface area contributed by atoms with E-state index < -0.39 is 11.4 Å². The SMILES string of the molecule is COC(=O)c1ccccc1NC(=O)C(C)(C)CCCOc1cc(C)ccc1C. The molecule has 0 saturated heterocycles. The molecular weight excluding hydrogens is 354 g/mol. The van der Waals surface area contributed by atoms with E-state index in [2.05, 4.69) is 11.4 Å². The Labute approximate surface area is 167 Å². The molecule has 150 valence electrons. The number of aryl methyl sites for hydroxylation is 2. The molecule has 0 aliphatic heterocycles. The molecule has 1 amide bonds. The van der Waals surface area contributed by atoms with E-state index in [9.17, 15) is 9.59 Å². The number of para-hydroxylation sites is 1. The third-order valence-corrected chi connectivity index (χ3v) is 4.74. The first-order valence-electron chi connectivity index (χ1n) is 9.43. The van der Waals surface area contributed by atoms with Gasteiger partial charge in [-0.1, -0.05) is 38.1 Å². The zero-order valence-corrected chi connectivity index (χ0v) is 17.3. The summed E-state index contributed by atoms with van der Waals surface area (Å²) in [6.07, 6.45) is 1.40. The molecule has 28 heavy (non-hydrogen) atoms. The normalized spacial score (nSPS) is 11.0. The number of esters is 1. The van der Waals surface area contributed by atoms with Gasteiger partial charge in [0.25, 0.3) is 0 Å². The van der Waals surface area contributed by atoms with E-state index in [1.165, 1.54) is 7.11 Å². The first-order valence-corrected chi connectivity index (χ1v) is 9.43. The van der Waals surface area contributed by atoms with Gasteiger partial charge in [0.15, 0.2) is 0 Å². The molecule has 0 heterocycles. The van der Waals surface area contributed by atoms with Crippen molar-refractivity contribution in [2.24, 2.45) is 5.41 Å². The number of carbonyl (C=O) groups excluding carboxylic acids is 2. The Morgan fingerprint density at radius 3 is 2.50 bits per heavy atom. The Morgan fingerprint density at radius 2 is 1.79 bits per heavy atom. The van der Waals surface area contributed by atoms with Gasteiger partial charge in [-0.2, -0.15) is 0 Å². The number of anilines is 1. The Bertz CT molecular complexity index is 842. The van der Waals surface area contributed by atoms with Gasteiger partial charge in [-0.05, 0) is 56.0 Å². The monoisotopic (exact) mass is 383 g/mol. The lowest BCUT2D eigenvalue weighted by molar-refractivity contribution is -0.124. The Hall–Kier alpha value is -2.82. The fraction of sp³-hybridized carbons (Fsp3) is 0.391. The fourth-order valence-electron chi connectivity index (χ4n) is 2.84. The highest BCUT2D eigenvalue weighted by atomic mass is 16.5. The van der Waals surface area contributed by atoms with E-state index in [4.69, 9.17) is 9.47 Å². The van der Waals surface area contributed by atoms with Gasteiger partial charge in [0.1, 0.15) is 5.75 Å². The highest BCUT2D eigenvalue weighted by Gasteiger charge is 2.28. The summed E-state index contributed by atoms with van der Waals surface area (Å²) in [6, 6.07) is 13.0. The molecule has 2 rings (SSSR count). The van der Waals surface area contributed by atoms with E-state index in [1.807, 2.05) is 39.8 Å². The summed E-state index contributed by atoms with van der Waals surface area (Å²) in [5, 5.41) is 2.86. The lowest BCUT2D eigenvalue weighted by Gasteiger charge is -2.24. The largest absolute Gasteiger partial charge is 0.493 e. The molecule has 2 aromatic carbocycles. The van der Waals surface area contributed by atoms with Crippen molar-refractivity contribution in [1.29, 1.82) is 0 Å². The molecule has 0 atom stereocenters. The number of amides is 1. The number of methoxy groups -OCH3 is 1. The molecule has 5 heteroatoms. The molecule has 5 nitrogen and oxygen atoms in total. The number of rotatable bonds is 8. The van der Waals surface area contributed by atoms with Crippen LogP contribution >= 0.6 is 0 Å². The molecule has 0 aliphatic carbocycles. The molecule has 0 bridgehead atoms. The highest BCUT2D eigenvalue weighted by Crippen LogP contribution is 2.27. The molecule has 0 aromatic heterocycles. The van der Waals surface area contributed by atoms with Crippen LogP contribution in [0.25, 0.3) is 0 Å². The summed E-state index contributed by atoms with van der Waals surface area (Å²) in [6.45, 7) is 8.37. The average molecular weight is 383 g/mol. The van der Waals surface area contributed by atoms with Gasteiger partial charge in [0.05, 0.1) is 25.0 Å². The molecule has 0 spiro atoms. The van der Waals surface area contributed by atoms with E-state index in [1.54, 1.807) is 24.3 Å². The lowest BCUT2D eigenvalue weighted by Crippen LogP contribution is -2.31. The van der Waals surface area contributed by atoms with Gasteiger partial charge in [-0.3, -0.25) is 4.79 Å². The van der Waals surface area contributed by atoms with Crippen LogP contribution in [0.3, 0.4) is 0 Å². The minimum absolute atomic E-state index is 0.143. The molecule has 0 radical (unpaired) electrons. The molecular formula is C23H29NO4. The van der Waals surface area contributed by atoms with E-state index in [0.29, 0.717) is 24.3 Å². The number of ether oxygens (including phenoxy) is 2. The third kappa shape index (κ3) is 5.59. The molecule has 0 aliphatic rings. The van der Waals surface area contributed by atoms with E-state index >= 15 is 0 Å². The first-order chi connectivity index (χ1) is 13.2. The van der Waals surface area contributed by atoms with E-state index in [0.717, 1.165) is 23.3 Å². The maximum Gasteiger partial charge on any atom is 0.339 e. The second-order valence-corrected chi connectivity index (χ2v) is 7.60. The fourth-order valence-corrected chi connectivity index (χ4v) is 2.84. The maximum absolute atomic E-state index is 12.8. The van der Waals surface area contributed by atoms with Crippen LogP contribution in [-0.2, 0) is 9.53 Å². The van der Waals surface area contributed by atoms with Gasteiger partial charge in [-0.15, -0.1) is 0 Å². The van der Waals surface area contributed by atoms with Crippen LogP contribution in [0.2, 0.25) is 0 Å². The van der Waals surface area contributed by atoms with Crippen molar-refractivity contribution in [3.05, 3.63) is 59.2 Å². The van der Waals surface area contributed by atoms with Crippen molar-refractivity contribution >= 4 is 17.6 Å². The minimum atomic E-state index is -0.603. The number of nitrogens with one attached hydrogen (secondary N) is 1. The number of carbonyl (C=O) groups is 2. The molecule has 2 aromatic rings. The summed E-state index contributed by atoms with van der Waals surface area (Å²) in [5.74, 6) is 0.264. The quantitative estimate of drug-likeness (QED) is 0.519. The molecule has 1 N–H and O–H groups in total. The topological polar surface area (TPSA) is 64.6 Å². The smallest absolute Gasteiger partial charge is 0.339 e. The second-order valence-electron chi connectivity index (χ2n) is 7.60. The van der Waals surface area contributed by atoms with Crippen LogP contribution in [0.15, 0.2) is 42.5 Å². The van der Waals surface area contributed by atoms with Crippen molar-refractivity contribution in [3.8, 4) is 5.75 Å². The summed E-state index contributed by atoms with van der Waals surface area (Å²) < 4.78 is 10.7. The van der Waals surface area contributed by atoms with Crippen molar-refractivity contribution in [1.82, 2.24) is 0 Å². The highest BCUT2D eigenvalue weighted by molar-refractivity contribution is 6.02. The van der Waals surface area contributed by atoms with E-state index in [-0.39, 0.29) is 5.91 Å². The summed E-state index contributed by atoms with van der Waals surface area (Å²) in [7, 11) is 1.32. The van der Waals surface area contributed by atoms with Crippen molar-refractivity contribution < 1.29 is 19.1 Å². The minimum Gasteiger partial charge on any atom is -0.493 e. The van der Waals surface area contributed by atoms with Crippen LogP contribution in [0.1, 0.15) is 48.2 Å². The van der Waals surface area contributed by atoms with Gasteiger partial charge in [0.2, 0.25) is 5.91 Å².